The van der Waals surface area contributed by atoms with Gasteiger partial charge in [0, 0.05) is 24.5 Å². The first-order valence-electron chi connectivity index (χ1n) is 6.18. The fraction of sp³-hybridized carbons (Fsp3) is 0.286. The van der Waals surface area contributed by atoms with Gasteiger partial charge in [-0.15, -0.1) is 0 Å². The molecule has 0 aliphatic carbocycles. The van der Waals surface area contributed by atoms with E-state index in [1.165, 1.54) is 0 Å². The summed E-state index contributed by atoms with van der Waals surface area (Å²) in [4.78, 5) is 23.0. The van der Waals surface area contributed by atoms with Gasteiger partial charge in [-0.25, -0.2) is 4.79 Å². The Morgan fingerprint density at radius 3 is 2.47 bits per heavy atom. The third kappa shape index (κ3) is 2.59. The summed E-state index contributed by atoms with van der Waals surface area (Å²) in [5, 5.41) is 0. The zero-order valence-corrected chi connectivity index (χ0v) is 11.1. The Morgan fingerprint density at radius 1 is 1.26 bits per heavy atom. The van der Waals surface area contributed by atoms with Crippen LogP contribution in [0, 0.1) is 6.92 Å². The summed E-state index contributed by atoms with van der Waals surface area (Å²) in [5.41, 5.74) is 7.64. The van der Waals surface area contributed by atoms with Crippen molar-refractivity contribution in [3.63, 3.8) is 0 Å². The van der Waals surface area contributed by atoms with Crippen LogP contribution in [0.25, 0.3) is 0 Å². The third-order valence-corrected chi connectivity index (χ3v) is 3.23. The van der Waals surface area contributed by atoms with Crippen LogP contribution in [0.1, 0.15) is 28.4 Å². The van der Waals surface area contributed by atoms with Gasteiger partial charge in [-0.2, -0.15) is 0 Å². The van der Waals surface area contributed by atoms with Crippen molar-refractivity contribution in [3.05, 3.63) is 57.8 Å². The molecule has 0 radical (unpaired) electrons. The molecule has 0 atom stereocenters. The molecule has 2 aromatic rings. The molecule has 0 saturated carbocycles. The summed E-state index contributed by atoms with van der Waals surface area (Å²) < 4.78 is 3.29. The molecule has 0 saturated heterocycles. The van der Waals surface area contributed by atoms with E-state index in [9.17, 15) is 9.59 Å². The Morgan fingerprint density at radius 2 is 1.95 bits per heavy atom. The summed E-state index contributed by atoms with van der Waals surface area (Å²) in [6.07, 6.45) is 3.54. The molecule has 1 aromatic heterocycles. The number of carbonyl (C=O) groups is 1. The Hall–Kier alpha value is -2.30. The summed E-state index contributed by atoms with van der Waals surface area (Å²) >= 11 is 0. The van der Waals surface area contributed by atoms with Gasteiger partial charge in [0.2, 0.25) is 5.91 Å². The van der Waals surface area contributed by atoms with Gasteiger partial charge in [-0.3, -0.25) is 13.9 Å². The van der Waals surface area contributed by atoms with Gasteiger partial charge in [-0.1, -0.05) is 6.07 Å². The van der Waals surface area contributed by atoms with Crippen molar-refractivity contribution in [2.75, 3.05) is 0 Å². The van der Waals surface area contributed by atoms with Crippen molar-refractivity contribution in [3.8, 4) is 0 Å². The van der Waals surface area contributed by atoms with Crippen molar-refractivity contribution in [2.24, 2.45) is 5.73 Å². The highest BCUT2D eigenvalue weighted by Crippen LogP contribution is 2.12. The predicted octanol–water partition coefficient (Wildman–Crippen LogP) is 1.13. The first kappa shape index (κ1) is 13.1. The van der Waals surface area contributed by atoms with Crippen LogP contribution in [-0.4, -0.2) is 15.0 Å². The van der Waals surface area contributed by atoms with Crippen LogP contribution in [-0.2, 0) is 13.1 Å². The number of hydrogen-bond acceptors (Lipinski definition) is 2. The van der Waals surface area contributed by atoms with E-state index in [-0.39, 0.29) is 5.69 Å². The van der Waals surface area contributed by atoms with Gasteiger partial charge in [0.15, 0.2) is 0 Å². The zero-order chi connectivity index (χ0) is 14.0. The van der Waals surface area contributed by atoms with E-state index in [4.69, 9.17) is 5.73 Å². The Labute approximate surface area is 111 Å². The van der Waals surface area contributed by atoms with E-state index >= 15 is 0 Å². The number of nitrogens with two attached hydrogens (primary N) is 1. The first-order chi connectivity index (χ1) is 9.02. The number of aryl methyl sites for hydroxylation is 2. The number of imidazole rings is 1. The van der Waals surface area contributed by atoms with Crippen LogP contribution in [0.2, 0.25) is 0 Å². The summed E-state index contributed by atoms with van der Waals surface area (Å²) in [5.74, 6) is -0.441. The Bertz CT molecular complexity index is 668. The number of carbonyl (C=O) groups excluding carboxylic acids is 1. The molecule has 5 heteroatoms. The predicted molar refractivity (Wildman–Crippen MR) is 73.2 cm³/mol. The minimum atomic E-state index is -0.441. The summed E-state index contributed by atoms with van der Waals surface area (Å²) in [6, 6.07) is 5.27. The maximum Gasteiger partial charge on any atom is 0.328 e. The van der Waals surface area contributed by atoms with Crippen LogP contribution in [0.4, 0.5) is 0 Å². The number of nitrogens with zero attached hydrogens (tertiary/aromatic N) is 2. The molecule has 1 heterocycles. The van der Waals surface area contributed by atoms with Gasteiger partial charge in [-0.05, 0) is 37.1 Å². The van der Waals surface area contributed by atoms with Crippen LogP contribution >= 0.6 is 0 Å². The summed E-state index contributed by atoms with van der Waals surface area (Å²) in [7, 11) is 0. The second kappa shape index (κ2) is 5.14. The van der Waals surface area contributed by atoms with Gasteiger partial charge in [0.1, 0.15) is 0 Å². The highest BCUT2D eigenvalue weighted by Gasteiger charge is 2.07. The second-order valence-corrected chi connectivity index (χ2v) is 4.50. The largest absolute Gasteiger partial charge is 0.366 e. The molecule has 100 valence electrons. The molecule has 0 fully saturated rings. The standard InChI is InChI=1S/C14H17N3O2/c1-3-16-6-7-17(14(16)19)9-12-5-4-11(13(15)18)8-10(12)2/h4-8H,3,9H2,1-2H3,(H2,15,18). The van der Waals surface area contributed by atoms with Crippen molar-refractivity contribution >= 4 is 5.91 Å². The van der Waals surface area contributed by atoms with E-state index in [1.807, 2.05) is 19.9 Å². The first-order valence-corrected chi connectivity index (χ1v) is 6.18. The molecule has 0 spiro atoms. The molecule has 0 bridgehead atoms. The number of amides is 1. The molecule has 2 rings (SSSR count). The van der Waals surface area contributed by atoms with Gasteiger partial charge in [0.25, 0.3) is 0 Å². The van der Waals surface area contributed by atoms with Crippen LogP contribution < -0.4 is 11.4 Å². The van der Waals surface area contributed by atoms with Crippen molar-refractivity contribution in [1.29, 1.82) is 0 Å². The SMILES string of the molecule is CCn1ccn(Cc2ccc(C(N)=O)cc2C)c1=O. The quantitative estimate of drug-likeness (QED) is 0.894. The van der Waals surface area contributed by atoms with Gasteiger partial charge in [0.05, 0.1) is 6.54 Å². The Balaban J connectivity index is 2.31. The minimum absolute atomic E-state index is 0.0270. The minimum Gasteiger partial charge on any atom is -0.366 e. The van der Waals surface area contributed by atoms with E-state index in [0.29, 0.717) is 18.7 Å². The zero-order valence-electron chi connectivity index (χ0n) is 11.1. The lowest BCUT2D eigenvalue weighted by atomic mass is 10.0. The topological polar surface area (TPSA) is 70.0 Å². The van der Waals surface area contributed by atoms with Crippen LogP contribution in [0.5, 0.6) is 0 Å². The van der Waals surface area contributed by atoms with Crippen LogP contribution in [0.15, 0.2) is 35.4 Å². The third-order valence-electron chi connectivity index (χ3n) is 3.23. The van der Waals surface area contributed by atoms with E-state index in [2.05, 4.69) is 0 Å². The average molecular weight is 259 g/mol. The maximum atomic E-state index is 11.9. The van der Waals surface area contributed by atoms with Crippen molar-refractivity contribution in [1.82, 2.24) is 9.13 Å². The molecule has 2 N–H and O–H groups in total. The lowest BCUT2D eigenvalue weighted by Crippen LogP contribution is -2.24. The smallest absolute Gasteiger partial charge is 0.328 e. The second-order valence-electron chi connectivity index (χ2n) is 4.50. The van der Waals surface area contributed by atoms with Gasteiger partial charge < -0.3 is 5.73 Å². The van der Waals surface area contributed by atoms with Crippen LogP contribution in [0.3, 0.4) is 0 Å². The van der Waals surface area contributed by atoms with E-state index in [0.717, 1.165) is 11.1 Å². The molecule has 0 aliphatic heterocycles. The molecule has 19 heavy (non-hydrogen) atoms. The maximum absolute atomic E-state index is 11.9. The number of benzene rings is 1. The Kier molecular flexibility index (Phi) is 3.55. The summed E-state index contributed by atoms with van der Waals surface area (Å²) in [6.45, 7) is 4.99. The molecular weight excluding hydrogens is 242 g/mol. The molecule has 0 aliphatic rings. The highest BCUT2D eigenvalue weighted by molar-refractivity contribution is 5.93. The fourth-order valence-electron chi connectivity index (χ4n) is 2.02. The lowest BCUT2D eigenvalue weighted by Gasteiger charge is -2.07. The molecule has 5 nitrogen and oxygen atoms in total. The van der Waals surface area contributed by atoms with E-state index < -0.39 is 5.91 Å². The molecule has 1 amide bonds. The lowest BCUT2D eigenvalue weighted by molar-refractivity contribution is 0.1000. The molecule has 0 unspecified atom stereocenters. The fourth-order valence-corrected chi connectivity index (χ4v) is 2.02. The van der Waals surface area contributed by atoms with Crippen molar-refractivity contribution in [2.45, 2.75) is 26.9 Å². The molecule has 1 aromatic carbocycles. The van der Waals surface area contributed by atoms with Gasteiger partial charge >= 0.3 is 5.69 Å². The van der Waals surface area contributed by atoms with E-state index in [1.54, 1.807) is 33.7 Å². The highest BCUT2D eigenvalue weighted by atomic mass is 16.2. The number of aromatic nitrogens is 2. The molecular formula is C14H17N3O2. The number of hydrogen-bond donors (Lipinski definition) is 1. The normalized spacial score (nSPS) is 10.6. The average Bonchev–Trinajstić information content (AvgIpc) is 2.72. The number of primary amides is 1. The monoisotopic (exact) mass is 259 g/mol. The van der Waals surface area contributed by atoms with Crippen molar-refractivity contribution < 1.29 is 4.79 Å². The number of rotatable bonds is 4.